The summed E-state index contributed by atoms with van der Waals surface area (Å²) in [6.07, 6.45) is 0.725. The number of carbonyl (C=O) groups is 1. The lowest BCUT2D eigenvalue weighted by atomic mass is 10.0. The highest BCUT2D eigenvalue weighted by atomic mass is 16.5. The van der Waals surface area contributed by atoms with Crippen molar-refractivity contribution >= 4 is 5.97 Å². The number of aromatic nitrogens is 2. The Morgan fingerprint density at radius 1 is 1.50 bits per heavy atom. The van der Waals surface area contributed by atoms with Gasteiger partial charge in [0.25, 0.3) is 0 Å². The predicted molar refractivity (Wildman–Crippen MR) is 68.3 cm³/mol. The number of H-pyrrole nitrogens is 1. The van der Waals surface area contributed by atoms with Crippen LogP contribution in [0.2, 0.25) is 0 Å². The van der Waals surface area contributed by atoms with E-state index in [2.05, 4.69) is 23.8 Å². The lowest BCUT2D eigenvalue weighted by molar-refractivity contribution is 0.0476. The average molecular weight is 254 g/mol. The molecule has 0 saturated heterocycles. The topological polar surface area (TPSA) is 75.2 Å². The predicted octanol–water partition coefficient (Wildman–Crippen LogP) is 2.01. The van der Waals surface area contributed by atoms with Crippen molar-refractivity contribution in [3.63, 3.8) is 0 Å². The maximum Gasteiger partial charge on any atom is 0.358 e. The molecule has 0 atom stereocenters. The van der Waals surface area contributed by atoms with E-state index in [-0.39, 0.29) is 12.3 Å². The number of rotatable bonds is 5. The van der Waals surface area contributed by atoms with Crippen molar-refractivity contribution in [3.05, 3.63) is 17.2 Å². The summed E-state index contributed by atoms with van der Waals surface area (Å²) in [5.41, 5.74) is -0.554. The van der Waals surface area contributed by atoms with Crippen molar-refractivity contribution in [3.8, 4) is 0 Å². The molecule has 0 aliphatic heterocycles. The van der Waals surface area contributed by atoms with Gasteiger partial charge < -0.3 is 14.8 Å². The van der Waals surface area contributed by atoms with Crippen LogP contribution in [0.5, 0.6) is 0 Å². The van der Waals surface area contributed by atoms with E-state index in [1.807, 2.05) is 0 Å². The maximum atomic E-state index is 11.8. The van der Waals surface area contributed by atoms with Gasteiger partial charge in [0.1, 0.15) is 11.4 Å². The maximum absolute atomic E-state index is 11.8. The molecular formula is C13H22N2O3. The van der Waals surface area contributed by atoms with Crippen LogP contribution in [0.4, 0.5) is 0 Å². The molecule has 5 nitrogen and oxygen atoms in total. The van der Waals surface area contributed by atoms with Crippen molar-refractivity contribution in [2.45, 2.75) is 46.6 Å². The average Bonchev–Trinajstić information content (AvgIpc) is 2.60. The van der Waals surface area contributed by atoms with Gasteiger partial charge in [-0.25, -0.2) is 9.78 Å². The summed E-state index contributed by atoms with van der Waals surface area (Å²) in [5, 5.41) is 10.1. The minimum atomic E-state index is -1.15. The highest BCUT2D eigenvalue weighted by molar-refractivity contribution is 5.89. The van der Waals surface area contributed by atoms with Gasteiger partial charge >= 0.3 is 5.97 Å². The third-order valence-corrected chi connectivity index (χ3v) is 2.44. The van der Waals surface area contributed by atoms with Crippen molar-refractivity contribution in [1.29, 1.82) is 0 Å². The van der Waals surface area contributed by atoms with Crippen LogP contribution in [-0.2, 0) is 16.8 Å². The molecular weight excluding hydrogens is 232 g/mol. The SMILES string of the molecule is CCOC(=O)c1nc(CC(C)C)[nH]c1C(C)(C)O. The van der Waals surface area contributed by atoms with Gasteiger partial charge in [0.15, 0.2) is 5.69 Å². The molecule has 0 aromatic carbocycles. The number of hydrogen-bond acceptors (Lipinski definition) is 4. The van der Waals surface area contributed by atoms with Gasteiger partial charge in [-0.05, 0) is 26.7 Å². The highest BCUT2D eigenvalue weighted by Crippen LogP contribution is 2.23. The standard InChI is InChI=1S/C13H22N2O3/c1-6-18-12(16)10-11(13(4,5)17)15-9(14-10)7-8(2)3/h8,17H,6-7H2,1-5H3,(H,14,15). The van der Waals surface area contributed by atoms with Gasteiger partial charge in [-0.2, -0.15) is 0 Å². The Balaban J connectivity index is 3.13. The summed E-state index contributed by atoms with van der Waals surface area (Å²) in [7, 11) is 0. The number of aliphatic hydroxyl groups is 1. The number of esters is 1. The third-order valence-electron chi connectivity index (χ3n) is 2.44. The second-order valence-electron chi connectivity index (χ2n) is 5.28. The molecule has 1 heterocycles. The van der Waals surface area contributed by atoms with Crippen molar-refractivity contribution in [1.82, 2.24) is 9.97 Å². The molecule has 18 heavy (non-hydrogen) atoms. The summed E-state index contributed by atoms with van der Waals surface area (Å²) >= 11 is 0. The lowest BCUT2D eigenvalue weighted by Crippen LogP contribution is -2.21. The number of imidazole rings is 1. The molecule has 102 valence electrons. The molecule has 0 aliphatic rings. The third kappa shape index (κ3) is 3.57. The number of ether oxygens (including phenoxy) is 1. The van der Waals surface area contributed by atoms with E-state index < -0.39 is 11.6 Å². The fourth-order valence-corrected chi connectivity index (χ4v) is 1.70. The Morgan fingerprint density at radius 2 is 2.11 bits per heavy atom. The van der Waals surface area contributed by atoms with Gasteiger partial charge in [-0.1, -0.05) is 13.8 Å². The van der Waals surface area contributed by atoms with Crippen LogP contribution in [0.1, 0.15) is 56.6 Å². The molecule has 5 heteroatoms. The molecule has 1 aromatic heterocycles. The summed E-state index contributed by atoms with van der Waals surface area (Å²) in [6.45, 7) is 9.39. The van der Waals surface area contributed by atoms with E-state index in [1.54, 1.807) is 20.8 Å². The number of nitrogens with zero attached hydrogens (tertiary/aromatic N) is 1. The Kier molecular flexibility index (Phi) is 4.51. The fourth-order valence-electron chi connectivity index (χ4n) is 1.70. The molecule has 0 fully saturated rings. The molecule has 0 unspecified atom stereocenters. The van der Waals surface area contributed by atoms with Gasteiger partial charge in [-0.15, -0.1) is 0 Å². The fraction of sp³-hybridized carbons (Fsp3) is 0.692. The molecule has 0 radical (unpaired) electrons. The van der Waals surface area contributed by atoms with E-state index in [1.165, 1.54) is 0 Å². The summed E-state index contributed by atoms with van der Waals surface area (Å²) in [6, 6.07) is 0. The van der Waals surface area contributed by atoms with E-state index in [0.717, 1.165) is 6.42 Å². The van der Waals surface area contributed by atoms with E-state index in [4.69, 9.17) is 4.74 Å². The van der Waals surface area contributed by atoms with Crippen LogP contribution in [0.15, 0.2) is 0 Å². The minimum Gasteiger partial charge on any atom is -0.461 e. The number of nitrogens with one attached hydrogen (secondary N) is 1. The number of hydrogen-bond donors (Lipinski definition) is 2. The summed E-state index contributed by atoms with van der Waals surface area (Å²) < 4.78 is 4.95. The monoisotopic (exact) mass is 254 g/mol. The first-order valence-electron chi connectivity index (χ1n) is 6.24. The zero-order valence-corrected chi connectivity index (χ0v) is 11.7. The molecule has 0 amide bonds. The van der Waals surface area contributed by atoms with Gasteiger partial charge in [0, 0.05) is 6.42 Å². The number of carbonyl (C=O) groups excluding carboxylic acids is 1. The van der Waals surface area contributed by atoms with Crippen LogP contribution in [-0.4, -0.2) is 27.7 Å². The van der Waals surface area contributed by atoms with Crippen molar-refractivity contribution < 1.29 is 14.6 Å². The Labute approximate surface area is 108 Å². The summed E-state index contributed by atoms with van der Waals surface area (Å²) in [4.78, 5) is 19.1. The first-order valence-corrected chi connectivity index (χ1v) is 6.24. The van der Waals surface area contributed by atoms with Crippen LogP contribution in [0.3, 0.4) is 0 Å². The van der Waals surface area contributed by atoms with Crippen LogP contribution in [0.25, 0.3) is 0 Å². The molecule has 0 bridgehead atoms. The molecule has 1 rings (SSSR count). The first-order chi connectivity index (χ1) is 8.25. The zero-order chi connectivity index (χ0) is 13.9. The smallest absolute Gasteiger partial charge is 0.358 e. The second kappa shape index (κ2) is 5.52. The zero-order valence-electron chi connectivity index (χ0n) is 11.7. The van der Waals surface area contributed by atoms with E-state index >= 15 is 0 Å². The Morgan fingerprint density at radius 3 is 2.56 bits per heavy atom. The van der Waals surface area contributed by atoms with Crippen LogP contribution >= 0.6 is 0 Å². The molecule has 0 saturated carbocycles. The highest BCUT2D eigenvalue weighted by Gasteiger charge is 2.28. The van der Waals surface area contributed by atoms with Crippen molar-refractivity contribution in [2.75, 3.05) is 6.61 Å². The second-order valence-corrected chi connectivity index (χ2v) is 5.28. The van der Waals surface area contributed by atoms with Gasteiger partial charge in [0.2, 0.25) is 0 Å². The summed E-state index contributed by atoms with van der Waals surface area (Å²) in [5.74, 6) is 0.618. The van der Waals surface area contributed by atoms with Crippen molar-refractivity contribution in [2.24, 2.45) is 5.92 Å². The normalized spacial score (nSPS) is 11.9. The first kappa shape index (κ1) is 14.7. The Bertz CT molecular complexity index is 416. The van der Waals surface area contributed by atoms with Gasteiger partial charge in [-0.3, -0.25) is 0 Å². The molecule has 2 N–H and O–H groups in total. The Hall–Kier alpha value is -1.36. The minimum absolute atomic E-state index is 0.181. The molecule has 1 aromatic rings. The van der Waals surface area contributed by atoms with E-state index in [9.17, 15) is 9.90 Å². The molecule has 0 aliphatic carbocycles. The quantitative estimate of drug-likeness (QED) is 0.788. The lowest BCUT2D eigenvalue weighted by Gasteiger charge is -2.16. The van der Waals surface area contributed by atoms with E-state index in [0.29, 0.717) is 17.4 Å². The largest absolute Gasteiger partial charge is 0.461 e. The van der Waals surface area contributed by atoms with Crippen LogP contribution < -0.4 is 0 Å². The number of aromatic amines is 1. The van der Waals surface area contributed by atoms with Crippen LogP contribution in [0, 0.1) is 5.92 Å². The van der Waals surface area contributed by atoms with Gasteiger partial charge in [0.05, 0.1) is 12.3 Å². The molecule has 0 spiro atoms.